The molecule has 3 N–H and O–H groups in total. The summed E-state index contributed by atoms with van der Waals surface area (Å²) >= 11 is 0. The average Bonchev–Trinajstić information content (AvgIpc) is 3.45. The topological polar surface area (TPSA) is 84.0 Å². The summed E-state index contributed by atoms with van der Waals surface area (Å²) in [5.74, 6) is 2.32. The summed E-state index contributed by atoms with van der Waals surface area (Å²) in [4.78, 5) is 16.3. The average molecular weight is 391 g/mol. The molecule has 0 aromatic heterocycles. The molecule has 0 atom stereocenters. The second-order valence-electron chi connectivity index (χ2n) is 7.91. The number of ether oxygens (including phenoxy) is 2. The molecule has 1 aliphatic carbocycles. The van der Waals surface area contributed by atoms with Crippen molar-refractivity contribution >= 4 is 12.1 Å². The third-order valence-electron chi connectivity index (χ3n) is 3.98. The zero-order valence-corrected chi connectivity index (χ0v) is 17.5. The van der Waals surface area contributed by atoms with Crippen molar-refractivity contribution in [3.05, 3.63) is 29.8 Å². The Kier molecular flexibility index (Phi) is 8.42. The van der Waals surface area contributed by atoms with Crippen molar-refractivity contribution in [2.75, 3.05) is 26.2 Å². The first kappa shape index (κ1) is 21.9. The lowest BCUT2D eigenvalue weighted by molar-refractivity contribution is 0.0529. The minimum Gasteiger partial charge on any atom is -0.493 e. The maximum Gasteiger partial charge on any atom is 0.407 e. The van der Waals surface area contributed by atoms with E-state index < -0.39 is 11.7 Å². The van der Waals surface area contributed by atoms with E-state index in [9.17, 15) is 4.79 Å². The Labute approximate surface area is 168 Å². The maximum atomic E-state index is 11.7. The number of alkyl carbamates (subject to hydrolysis) is 1. The van der Waals surface area contributed by atoms with Crippen molar-refractivity contribution in [1.29, 1.82) is 0 Å². The normalized spacial score (nSPS) is 14.4. The lowest BCUT2D eigenvalue weighted by Gasteiger charge is -2.20. The molecule has 2 rings (SSSR count). The fraction of sp³-hybridized carbons (Fsp3) is 0.619. The third-order valence-corrected chi connectivity index (χ3v) is 3.98. The number of para-hydroxylation sites is 1. The molecule has 0 saturated heterocycles. The van der Waals surface area contributed by atoms with Crippen LogP contribution in [-0.2, 0) is 11.3 Å². The smallest absolute Gasteiger partial charge is 0.407 e. The van der Waals surface area contributed by atoms with Crippen LogP contribution in [0.3, 0.4) is 0 Å². The van der Waals surface area contributed by atoms with Crippen molar-refractivity contribution in [3.8, 4) is 5.75 Å². The second-order valence-corrected chi connectivity index (χ2v) is 7.91. The number of nitrogens with zero attached hydrogens (tertiary/aromatic N) is 1. The van der Waals surface area contributed by atoms with Gasteiger partial charge in [-0.15, -0.1) is 0 Å². The fourth-order valence-corrected chi connectivity index (χ4v) is 2.43. The first-order chi connectivity index (χ1) is 13.4. The lowest BCUT2D eigenvalue weighted by Crippen LogP contribution is -2.42. The molecule has 0 bridgehead atoms. The molecule has 1 fully saturated rings. The number of carbonyl (C=O) groups is 1. The van der Waals surface area contributed by atoms with Gasteiger partial charge in [0.25, 0.3) is 0 Å². The van der Waals surface area contributed by atoms with Crippen LogP contribution in [0.25, 0.3) is 0 Å². The highest BCUT2D eigenvalue weighted by Gasteiger charge is 2.22. The molecule has 156 valence electrons. The predicted octanol–water partition coefficient (Wildman–Crippen LogP) is 3.06. The predicted molar refractivity (Wildman–Crippen MR) is 112 cm³/mol. The quantitative estimate of drug-likeness (QED) is 0.343. The molecular weight excluding hydrogens is 356 g/mol. The number of benzene rings is 1. The van der Waals surface area contributed by atoms with E-state index in [0.717, 1.165) is 24.5 Å². The Balaban J connectivity index is 1.80. The number of hydrogen-bond acceptors (Lipinski definition) is 4. The number of nitrogens with one attached hydrogen (secondary N) is 3. The summed E-state index contributed by atoms with van der Waals surface area (Å²) in [6.45, 7) is 10.6. The Morgan fingerprint density at radius 3 is 2.54 bits per heavy atom. The van der Waals surface area contributed by atoms with E-state index in [4.69, 9.17) is 9.47 Å². The van der Waals surface area contributed by atoms with Crippen LogP contribution in [0, 0.1) is 5.92 Å². The van der Waals surface area contributed by atoms with Gasteiger partial charge in [-0.3, -0.25) is 0 Å². The van der Waals surface area contributed by atoms with Crippen LogP contribution in [0.15, 0.2) is 29.3 Å². The van der Waals surface area contributed by atoms with Gasteiger partial charge in [-0.1, -0.05) is 18.2 Å². The molecule has 1 aliphatic rings. The standard InChI is InChI=1S/C21H34N4O3/c1-5-22-19(23-12-13-24-20(26)28-21(2,3)4)25-14-17-8-6-7-9-18(17)27-15-16-10-11-16/h6-9,16H,5,10-15H2,1-4H3,(H,24,26)(H2,22,23,25). The van der Waals surface area contributed by atoms with Gasteiger partial charge in [0, 0.05) is 25.2 Å². The Morgan fingerprint density at radius 2 is 1.86 bits per heavy atom. The minimum atomic E-state index is -0.497. The SMILES string of the molecule is CCNC(=NCc1ccccc1OCC1CC1)NCCNC(=O)OC(C)(C)C. The van der Waals surface area contributed by atoms with Gasteiger partial charge in [0.1, 0.15) is 11.4 Å². The molecule has 7 heteroatoms. The Hall–Kier alpha value is -2.44. The van der Waals surface area contributed by atoms with Crippen molar-refractivity contribution in [1.82, 2.24) is 16.0 Å². The van der Waals surface area contributed by atoms with Crippen molar-refractivity contribution in [2.24, 2.45) is 10.9 Å². The molecule has 1 aromatic rings. The van der Waals surface area contributed by atoms with Gasteiger partial charge in [0.15, 0.2) is 5.96 Å². The molecular formula is C21H34N4O3. The van der Waals surface area contributed by atoms with E-state index in [1.54, 1.807) is 0 Å². The highest BCUT2D eigenvalue weighted by molar-refractivity contribution is 5.79. The maximum absolute atomic E-state index is 11.7. The number of rotatable bonds is 9. The summed E-state index contributed by atoms with van der Waals surface area (Å²) < 4.78 is 11.2. The van der Waals surface area contributed by atoms with Crippen LogP contribution in [-0.4, -0.2) is 43.9 Å². The number of guanidine groups is 1. The molecule has 0 aliphatic heterocycles. The van der Waals surface area contributed by atoms with Crippen molar-refractivity contribution < 1.29 is 14.3 Å². The van der Waals surface area contributed by atoms with Crippen LogP contribution >= 0.6 is 0 Å². The summed E-state index contributed by atoms with van der Waals surface area (Å²) in [7, 11) is 0. The van der Waals surface area contributed by atoms with Gasteiger partial charge in [-0.25, -0.2) is 9.79 Å². The van der Waals surface area contributed by atoms with E-state index in [1.165, 1.54) is 12.8 Å². The van der Waals surface area contributed by atoms with Crippen LogP contribution in [0.4, 0.5) is 4.79 Å². The number of hydrogen-bond donors (Lipinski definition) is 3. The van der Waals surface area contributed by atoms with Crippen LogP contribution in [0.5, 0.6) is 5.75 Å². The first-order valence-electron chi connectivity index (χ1n) is 10.1. The van der Waals surface area contributed by atoms with Crippen molar-refractivity contribution in [3.63, 3.8) is 0 Å². The van der Waals surface area contributed by atoms with Gasteiger partial charge >= 0.3 is 6.09 Å². The molecule has 7 nitrogen and oxygen atoms in total. The second kappa shape index (κ2) is 10.8. The van der Waals surface area contributed by atoms with Gasteiger partial charge in [-0.05, 0) is 52.5 Å². The number of aliphatic imine (C=N–C) groups is 1. The van der Waals surface area contributed by atoms with Crippen LogP contribution in [0.2, 0.25) is 0 Å². The molecule has 1 saturated carbocycles. The first-order valence-corrected chi connectivity index (χ1v) is 10.1. The van der Waals surface area contributed by atoms with Gasteiger partial charge in [0.2, 0.25) is 0 Å². The highest BCUT2D eigenvalue weighted by atomic mass is 16.6. The molecule has 0 heterocycles. The molecule has 1 aromatic carbocycles. The summed E-state index contributed by atoms with van der Waals surface area (Å²) in [5, 5.41) is 9.16. The fourth-order valence-electron chi connectivity index (χ4n) is 2.43. The van der Waals surface area contributed by atoms with Gasteiger partial charge in [0.05, 0.1) is 13.2 Å². The monoisotopic (exact) mass is 390 g/mol. The van der Waals surface area contributed by atoms with E-state index >= 15 is 0 Å². The van der Waals surface area contributed by atoms with E-state index in [1.807, 2.05) is 52.0 Å². The van der Waals surface area contributed by atoms with Gasteiger partial charge < -0.3 is 25.4 Å². The van der Waals surface area contributed by atoms with Crippen molar-refractivity contribution in [2.45, 2.75) is 52.7 Å². The molecule has 0 unspecified atom stereocenters. The summed E-state index contributed by atoms with van der Waals surface area (Å²) in [5.41, 5.74) is 0.565. The van der Waals surface area contributed by atoms with Gasteiger partial charge in [-0.2, -0.15) is 0 Å². The molecule has 0 radical (unpaired) electrons. The third kappa shape index (κ3) is 8.97. The molecule has 1 amide bonds. The summed E-state index contributed by atoms with van der Waals surface area (Å²) in [6.07, 6.45) is 2.12. The molecule has 0 spiro atoms. The van der Waals surface area contributed by atoms with Crippen LogP contribution in [0.1, 0.15) is 46.1 Å². The minimum absolute atomic E-state index is 0.419. The number of amides is 1. The van der Waals surface area contributed by atoms with E-state index in [-0.39, 0.29) is 0 Å². The highest BCUT2D eigenvalue weighted by Crippen LogP contribution is 2.30. The van der Waals surface area contributed by atoms with E-state index in [2.05, 4.69) is 20.9 Å². The largest absolute Gasteiger partial charge is 0.493 e. The zero-order valence-electron chi connectivity index (χ0n) is 17.5. The molecule has 28 heavy (non-hydrogen) atoms. The van der Waals surface area contributed by atoms with E-state index in [0.29, 0.717) is 31.5 Å². The Bertz CT molecular complexity index is 651. The Morgan fingerprint density at radius 1 is 1.14 bits per heavy atom. The van der Waals surface area contributed by atoms with Crippen LogP contribution < -0.4 is 20.7 Å². The lowest BCUT2D eigenvalue weighted by atomic mass is 10.2. The summed E-state index contributed by atoms with van der Waals surface area (Å²) in [6, 6.07) is 8.03. The zero-order chi connectivity index (χ0) is 20.4. The number of carbonyl (C=O) groups excluding carboxylic acids is 1.